The van der Waals surface area contributed by atoms with Gasteiger partial charge in [0.1, 0.15) is 11.5 Å². The van der Waals surface area contributed by atoms with E-state index in [1.54, 1.807) is 13.0 Å². The highest BCUT2D eigenvalue weighted by molar-refractivity contribution is 7.80. The molecule has 5 N–H and O–H groups in total. The van der Waals surface area contributed by atoms with E-state index in [0.717, 1.165) is 0 Å². The third-order valence-electron chi connectivity index (χ3n) is 1.70. The second kappa shape index (κ2) is 4.61. The molecule has 0 unspecified atom stereocenters. The molecule has 0 atom stereocenters. The molecule has 1 rings (SSSR count). The first kappa shape index (κ1) is 11.3. The van der Waals surface area contributed by atoms with Crippen molar-refractivity contribution in [2.24, 2.45) is 10.8 Å². The van der Waals surface area contributed by atoms with E-state index in [2.05, 4.69) is 22.7 Å². The summed E-state index contributed by atoms with van der Waals surface area (Å²) in [4.78, 5) is 0. The van der Waals surface area contributed by atoms with Crippen LogP contribution >= 0.6 is 12.2 Å². The van der Waals surface area contributed by atoms with Gasteiger partial charge in [-0.25, -0.2) is 0 Å². The molecule has 0 aliphatic heterocycles. The molecule has 1 aromatic rings. The Hall–Kier alpha value is -1.82. The third kappa shape index (κ3) is 3.10. The maximum atomic E-state index is 9.49. The van der Waals surface area contributed by atoms with Gasteiger partial charge in [-0.2, -0.15) is 5.10 Å². The molecule has 0 radical (unpaired) electrons. The number of aromatic hydroxyl groups is 2. The van der Waals surface area contributed by atoms with E-state index < -0.39 is 0 Å². The van der Waals surface area contributed by atoms with Crippen molar-refractivity contribution in [3.8, 4) is 11.5 Å². The lowest BCUT2D eigenvalue weighted by Crippen LogP contribution is -2.25. The molecular weight excluding hydrogens is 214 g/mol. The Morgan fingerprint density at radius 3 is 2.67 bits per heavy atom. The largest absolute Gasteiger partial charge is 0.508 e. The first-order chi connectivity index (χ1) is 7.00. The number of nitrogens with zero attached hydrogens (tertiary/aromatic N) is 1. The molecule has 80 valence electrons. The van der Waals surface area contributed by atoms with Crippen molar-refractivity contribution >= 4 is 23.0 Å². The quantitative estimate of drug-likeness (QED) is 0.337. The summed E-state index contributed by atoms with van der Waals surface area (Å²) in [6, 6.07) is 4.23. The van der Waals surface area contributed by atoms with Crippen molar-refractivity contribution in [3.05, 3.63) is 23.8 Å². The van der Waals surface area contributed by atoms with E-state index in [0.29, 0.717) is 11.3 Å². The smallest absolute Gasteiger partial charge is 0.184 e. The number of hydrogen-bond donors (Lipinski definition) is 4. The summed E-state index contributed by atoms with van der Waals surface area (Å²) < 4.78 is 0. The van der Waals surface area contributed by atoms with Gasteiger partial charge in [-0.15, -0.1) is 0 Å². The fourth-order valence-electron chi connectivity index (χ4n) is 1.03. The van der Waals surface area contributed by atoms with E-state index >= 15 is 0 Å². The summed E-state index contributed by atoms with van der Waals surface area (Å²) in [6.45, 7) is 1.68. The number of nitrogens with one attached hydrogen (secondary N) is 1. The minimum absolute atomic E-state index is 0.00800. The molecule has 1 aromatic carbocycles. The molecular formula is C9H11N3O2S. The Balaban J connectivity index is 2.95. The number of hydrazone groups is 1. The first-order valence-electron chi connectivity index (χ1n) is 4.13. The molecule has 0 saturated carbocycles. The second-order valence-electron chi connectivity index (χ2n) is 2.87. The fourth-order valence-corrected chi connectivity index (χ4v) is 1.07. The van der Waals surface area contributed by atoms with E-state index in [1.807, 2.05) is 0 Å². The van der Waals surface area contributed by atoms with Crippen molar-refractivity contribution in [1.82, 2.24) is 5.43 Å². The lowest BCUT2D eigenvalue weighted by Gasteiger charge is -2.04. The first-order valence-corrected chi connectivity index (χ1v) is 4.53. The molecule has 0 spiro atoms. The average Bonchev–Trinajstić information content (AvgIpc) is 2.14. The lowest BCUT2D eigenvalue weighted by atomic mass is 10.1. The van der Waals surface area contributed by atoms with Crippen molar-refractivity contribution in [2.75, 3.05) is 0 Å². The number of hydrogen-bond acceptors (Lipinski definition) is 4. The van der Waals surface area contributed by atoms with E-state index in [9.17, 15) is 5.11 Å². The number of benzene rings is 1. The molecule has 0 aliphatic rings. The van der Waals surface area contributed by atoms with Crippen LogP contribution in [0.4, 0.5) is 0 Å². The Bertz CT molecular complexity index is 418. The predicted octanol–water partition coefficient (Wildman–Crippen LogP) is 0.655. The van der Waals surface area contributed by atoms with Crippen LogP contribution in [0.5, 0.6) is 11.5 Å². The van der Waals surface area contributed by atoms with Gasteiger partial charge in [-0.3, -0.25) is 5.43 Å². The topological polar surface area (TPSA) is 90.9 Å². The van der Waals surface area contributed by atoms with Gasteiger partial charge in [0.2, 0.25) is 0 Å². The zero-order valence-electron chi connectivity index (χ0n) is 8.06. The molecule has 0 saturated heterocycles. The van der Waals surface area contributed by atoms with Gasteiger partial charge in [0.25, 0.3) is 0 Å². The monoisotopic (exact) mass is 225 g/mol. The van der Waals surface area contributed by atoms with Crippen LogP contribution in [0, 0.1) is 0 Å². The molecule has 0 heterocycles. The molecule has 0 aliphatic carbocycles. The Morgan fingerprint density at radius 1 is 1.47 bits per heavy atom. The number of nitrogens with two attached hydrogens (primary N) is 1. The molecule has 0 aromatic heterocycles. The van der Waals surface area contributed by atoms with Crippen molar-refractivity contribution < 1.29 is 10.2 Å². The zero-order valence-corrected chi connectivity index (χ0v) is 8.88. The van der Waals surface area contributed by atoms with Gasteiger partial charge in [0.15, 0.2) is 5.11 Å². The Labute approximate surface area is 92.2 Å². The minimum Gasteiger partial charge on any atom is -0.508 e. The van der Waals surface area contributed by atoms with Gasteiger partial charge in [-0.05, 0) is 31.3 Å². The van der Waals surface area contributed by atoms with Gasteiger partial charge in [0.05, 0.1) is 5.71 Å². The van der Waals surface area contributed by atoms with Gasteiger partial charge in [-0.1, -0.05) is 0 Å². The lowest BCUT2D eigenvalue weighted by molar-refractivity contribution is 0.450. The number of phenolic OH excluding ortho intramolecular Hbond substituents is 2. The summed E-state index contributed by atoms with van der Waals surface area (Å²) in [5, 5.41) is 22.5. The summed E-state index contributed by atoms with van der Waals surface area (Å²) >= 11 is 4.57. The van der Waals surface area contributed by atoms with Crippen molar-refractivity contribution in [3.63, 3.8) is 0 Å². The van der Waals surface area contributed by atoms with Crippen molar-refractivity contribution in [2.45, 2.75) is 6.92 Å². The van der Waals surface area contributed by atoms with Crippen LogP contribution in [0.1, 0.15) is 12.5 Å². The molecule has 5 nitrogen and oxygen atoms in total. The van der Waals surface area contributed by atoms with Gasteiger partial charge in [0, 0.05) is 11.6 Å². The zero-order chi connectivity index (χ0) is 11.4. The van der Waals surface area contributed by atoms with Crippen LogP contribution in [0.2, 0.25) is 0 Å². The highest BCUT2D eigenvalue weighted by atomic mass is 32.1. The third-order valence-corrected chi connectivity index (χ3v) is 1.80. The molecule has 15 heavy (non-hydrogen) atoms. The molecule has 0 amide bonds. The van der Waals surface area contributed by atoms with E-state index in [1.165, 1.54) is 12.1 Å². The molecule has 6 heteroatoms. The summed E-state index contributed by atoms with van der Waals surface area (Å²) in [6.07, 6.45) is 0. The maximum Gasteiger partial charge on any atom is 0.184 e. The Morgan fingerprint density at radius 2 is 2.13 bits per heavy atom. The fraction of sp³-hybridized carbons (Fsp3) is 0.111. The molecule has 0 fully saturated rings. The van der Waals surface area contributed by atoms with Crippen LogP contribution in [0.3, 0.4) is 0 Å². The highest BCUT2D eigenvalue weighted by Gasteiger charge is 2.05. The summed E-state index contributed by atoms with van der Waals surface area (Å²) in [5.41, 5.74) is 8.61. The van der Waals surface area contributed by atoms with Crippen LogP contribution < -0.4 is 11.2 Å². The van der Waals surface area contributed by atoms with Crippen molar-refractivity contribution in [1.29, 1.82) is 0 Å². The average molecular weight is 225 g/mol. The van der Waals surface area contributed by atoms with Gasteiger partial charge >= 0.3 is 0 Å². The number of phenols is 2. The van der Waals surface area contributed by atoms with Crippen LogP contribution in [0.25, 0.3) is 0 Å². The van der Waals surface area contributed by atoms with Crippen LogP contribution in [-0.2, 0) is 0 Å². The predicted molar refractivity (Wildman–Crippen MR) is 61.9 cm³/mol. The van der Waals surface area contributed by atoms with Crippen LogP contribution in [0.15, 0.2) is 23.3 Å². The van der Waals surface area contributed by atoms with Gasteiger partial charge < -0.3 is 15.9 Å². The summed E-state index contributed by atoms with van der Waals surface area (Å²) in [5.74, 6) is -0.0626. The second-order valence-corrected chi connectivity index (χ2v) is 3.31. The summed E-state index contributed by atoms with van der Waals surface area (Å²) in [7, 11) is 0. The minimum atomic E-state index is -0.0546. The van der Waals surface area contributed by atoms with Crippen LogP contribution in [-0.4, -0.2) is 21.0 Å². The molecule has 0 bridgehead atoms. The van der Waals surface area contributed by atoms with E-state index in [-0.39, 0.29) is 16.6 Å². The standard InChI is InChI=1S/C9H11N3O2S/c1-5(11-12-9(10)15)7-3-2-6(13)4-8(7)14/h2-4,13-14H,1H3,(H3,10,12,15)/b11-5-. The Kier molecular flexibility index (Phi) is 3.46. The van der Waals surface area contributed by atoms with E-state index in [4.69, 9.17) is 10.8 Å². The number of thiocarbonyl (C=S) groups is 1. The SMILES string of the molecule is C/C(=N/NC(N)=S)c1ccc(O)cc1O. The highest BCUT2D eigenvalue weighted by Crippen LogP contribution is 2.22. The number of rotatable bonds is 2. The normalized spacial score (nSPS) is 11.1. The maximum absolute atomic E-state index is 9.49.